The van der Waals surface area contributed by atoms with Gasteiger partial charge in [-0.2, -0.15) is 5.10 Å². The Labute approximate surface area is 115 Å². The van der Waals surface area contributed by atoms with Crippen molar-refractivity contribution in [3.63, 3.8) is 0 Å². The van der Waals surface area contributed by atoms with Crippen molar-refractivity contribution >= 4 is 23.3 Å². The van der Waals surface area contributed by atoms with Crippen molar-refractivity contribution in [3.8, 4) is 0 Å². The molecular weight excluding hydrogens is 268 g/mol. The minimum absolute atomic E-state index is 0.117. The third kappa shape index (κ3) is 3.35. The van der Waals surface area contributed by atoms with E-state index in [-0.39, 0.29) is 5.91 Å². The van der Waals surface area contributed by atoms with Gasteiger partial charge in [-0.25, -0.2) is 0 Å². The van der Waals surface area contributed by atoms with Gasteiger partial charge in [0.15, 0.2) is 11.0 Å². The largest absolute Gasteiger partial charge is 0.360 e. The van der Waals surface area contributed by atoms with E-state index in [4.69, 9.17) is 16.1 Å². The van der Waals surface area contributed by atoms with E-state index in [9.17, 15) is 4.79 Å². The first-order valence-electron chi connectivity index (χ1n) is 6.05. The first-order chi connectivity index (χ1) is 9.10. The molecule has 7 heteroatoms. The molecule has 102 valence electrons. The number of aromatic amines is 1. The van der Waals surface area contributed by atoms with E-state index in [0.29, 0.717) is 29.6 Å². The molecule has 1 amide bonds. The molecule has 0 aliphatic carbocycles. The summed E-state index contributed by atoms with van der Waals surface area (Å²) in [5.74, 6) is 1.07. The lowest BCUT2D eigenvalue weighted by atomic mass is 10.2. The van der Waals surface area contributed by atoms with Gasteiger partial charge in [-0.1, -0.05) is 23.7 Å². The van der Waals surface area contributed by atoms with Crippen LogP contribution in [0.1, 0.15) is 30.4 Å². The van der Waals surface area contributed by atoms with E-state index in [1.165, 1.54) is 0 Å². The van der Waals surface area contributed by atoms with Gasteiger partial charge in [0.05, 0.1) is 0 Å². The second-order valence-electron chi connectivity index (χ2n) is 4.19. The molecule has 2 aromatic heterocycles. The highest BCUT2D eigenvalue weighted by Gasteiger charge is 2.12. The number of halogens is 1. The van der Waals surface area contributed by atoms with Crippen molar-refractivity contribution < 1.29 is 9.32 Å². The van der Waals surface area contributed by atoms with E-state index in [2.05, 4.69) is 20.7 Å². The number of anilines is 1. The summed E-state index contributed by atoms with van der Waals surface area (Å²) in [6.45, 7) is 3.95. The monoisotopic (exact) mass is 282 g/mol. The predicted molar refractivity (Wildman–Crippen MR) is 71.2 cm³/mol. The van der Waals surface area contributed by atoms with Crippen LogP contribution in [0.2, 0.25) is 5.15 Å². The average molecular weight is 283 g/mol. The Hall–Kier alpha value is -1.82. The summed E-state index contributed by atoms with van der Waals surface area (Å²) in [5, 5.41) is 13.6. The SMILES string of the molecule is CCc1c(NC(=O)CCc2cc(Cl)no2)n[nH]c1C. The number of rotatable bonds is 5. The summed E-state index contributed by atoms with van der Waals surface area (Å²) in [6, 6.07) is 1.60. The fourth-order valence-electron chi connectivity index (χ4n) is 1.83. The fourth-order valence-corrected chi connectivity index (χ4v) is 1.98. The molecule has 0 saturated carbocycles. The predicted octanol–water partition coefficient (Wildman–Crippen LogP) is 2.49. The molecule has 0 unspecified atom stereocenters. The lowest BCUT2D eigenvalue weighted by Gasteiger charge is -2.03. The van der Waals surface area contributed by atoms with Crippen LogP contribution >= 0.6 is 11.6 Å². The molecule has 0 radical (unpaired) electrons. The molecule has 2 N–H and O–H groups in total. The van der Waals surface area contributed by atoms with Crippen molar-refractivity contribution in [2.45, 2.75) is 33.1 Å². The number of hydrogen-bond donors (Lipinski definition) is 2. The maximum Gasteiger partial charge on any atom is 0.226 e. The molecule has 0 fully saturated rings. The molecule has 2 heterocycles. The molecule has 0 aliphatic rings. The van der Waals surface area contributed by atoms with E-state index < -0.39 is 0 Å². The van der Waals surface area contributed by atoms with Crippen LogP contribution in [-0.2, 0) is 17.6 Å². The quantitative estimate of drug-likeness (QED) is 0.882. The zero-order valence-electron chi connectivity index (χ0n) is 10.8. The van der Waals surface area contributed by atoms with Gasteiger partial charge in [0.1, 0.15) is 5.76 Å². The fraction of sp³-hybridized carbons (Fsp3) is 0.417. The van der Waals surface area contributed by atoms with Crippen molar-refractivity contribution in [1.82, 2.24) is 15.4 Å². The van der Waals surface area contributed by atoms with Crippen LogP contribution in [0.15, 0.2) is 10.6 Å². The van der Waals surface area contributed by atoms with Gasteiger partial charge < -0.3 is 9.84 Å². The Morgan fingerprint density at radius 3 is 3.00 bits per heavy atom. The van der Waals surface area contributed by atoms with Gasteiger partial charge in [-0.15, -0.1) is 0 Å². The number of nitrogens with one attached hydrogen (secondary N) is 2. The normalized spacial score (nSPS) is 10.7. The molecule has 6 nitrogen and oxygen atoms in total. The standard InChI is InChI=1S/C12H15ClN4O2/c1-3-9-7(2)15-16-12(9)14-11(18)5-4-8-6-10(13)17-19-8/h6H,3-5H2,1-2H3,(H2,14,15,16,18). The maximum absolute atomic E-state index is 11.8. The number of carbonyl (C=O) groups excluding carboxylic acids is 1. The summed E-state index contributed by atoms with van der Waals surface area (Å²) in [4.78, 5) is 11.8. The zero-order chi connectivity index (χ0) is 13.8. The first-order valence-corrected chi connectivity index (χ1v) is 6.42. The third-order valence-corrected chi connectivity index (χ3v) is 2.99. The highest BCUT2D eigenvalue weighted by molar-refractivity contribution is 6.29. The summed E-state index contributed by atoms with van der Waals surface area (Å²) >= 11 is 5.63. The number of nitrogens with zero attached hydrogens (tertiary/aromatic N) is 2. The molecule has 2 aromatic rings. The Morgan fingerprint density at radius 2 is 2.37 bits per heavy atom. The molecule has 0 aromatic carbocycles. The van der Waals surface area contributed by atoms with Crippen LogP contribution in [0, 0.1) is 6.92 Å². The smallest absolute Gasteiger partial charge is 0.226 e. The van der Waals surface area contributed by atoms with E-state index in [1.54, 1.807) is 6.07 Å². The second kappa shape index (κ2) is 5.88. The Bertz CT molecular complexity index is 576. The van der Waals surface area contributed by atoms with Crippen LogP contribution in [0.3, 0.4) is 0 Å². The number of aromatic nitrogens is 3. The van der Waals surface area contributed by atoms with Gasteiger partial charge in [0, 0.05) is 30.2 Å². The number of H-pyrrole nitrogens is 1. The van der Waals surface area contributed by atoms with Crippen LogP contribution in [-0.4, -0.2) is 21.3 Å². The minimum Gasteiger partial charge on any atom is -0.360 e. The summed E-state index contributed by atoms with van der Waals surface area (Å²) in [7, 11) is 0. The lowest BCUT2D eigenvalue weighted by molar-refractivity contribution is -0.116. The average Bonchev–Trinajstić information content (AvgIpc) is 2.94. The van der Waals surface area contributed by atoms with Crippen molar-refractivity contribution in [3.05, 3.63) is 28.2 Å². The molecule has 0 aliphatic heterocycles. The van der Waals surface area contributed by atoms with Gasteiger partial charge >= 0.3 is 0 Å². The van der Waals surface area contributed by atoms with Gasteiger partial charge in [-0.3, -0.25) is 9.89 Å². The number of hydrogen-bond acceptors (Lipinski definition) is 4. The number of amides is 1. The molecule has 0 saturated heterocycles. The molecule has 0 bridgehead atoms. The molecular formula is C12H15ClN4O2. The van der Waals surface area contributed by atoms with E-state index in [1.807, 2.05) is 13.8 Å². The lowest BCUT2D eigenvalue weighted by Crippen LogP contribution is -2.13. The highest BCUT2D eigenvalue weighted by Crippen LogP contribution is 2.17. The van der Waals surface area contributed by atoms with Crippen LogP contribution < -0.4 is 5.32 Å². The van der Waals surface area contributed by atoms with Crippen LogP contribution in [0.5, 0.6) is 0 Å². The Kier molecular flexibility index (Phi) is 4.21. The minimum atomic E-state index is -0.117. The number of carbonyl (C=O) groups is 1. The molecule has 0 atom stereocenters. The van der Waals surface area contributed by atoms with Gasteiger partial charge in [-0.05, 0) is 13.3 Å². The van der Waals surface area contributed by atoms with Crippen molar-refractivity contribution in [1.29, 1.82) is 0 Å². The molecule has 2 rings (SSSR count). The van der Waals surface area contributed by atoms with E-state index in [0.717, 1.165) is 17.7 Å². The topological polar surface area (TPSA) is 83.8 Å². The van der Waals surface area contributed by atoms with E-state index >= 15 is 0 Å². The summed E-state index contributed by atoms with van der Waals surface area (Å²) in [5.41, 5.74) is 2.00. The van der Waals surface area contributed by atoms with Gasteiger partial charge in [0.25, 0.3) is 0 Å². The van der Waals surface area contributed by atoms with Crippen molar-refractivity contribution in [2.75, 3.05) is 5.32 Å². The summed E-state index contributed by atoms with van der Waals surface area (Å²) < 4.78 is 4.93. The first kappa shape index (κ1) is 13.6. The maximum atomic E-state index is 11.8. The van der Waals surface area contributed by atoms with Crippen LogP contribution in [0.25, 0.3) is 0 Å². The Morgan fingerprint density at radius 1 is 1.58 bits per heavy atom. The summed E-state index contributed by atoms with van der Waals surface area (Å²) in [6.07, 6.45) is 1.56. The second-order valence-corrected chi connectivity index (χ2v) is 4.58. The molecule has 19 heavy (non-hydrogen) atoms. The van der Waals surface area contributed by atoms with Crippen LogP contribution in [0.4, 0.5) is 5.82 Å². The van der Waals surface area contributed by atoms with Crippen molar-refractivity contribution in [2.24, 2.45) is 0 Å². The molecule has 0 spiro atoms. The zero-order valence-corrected chi connectivity index (χ0v) is 11.5. The third-order valence-electron chi connectivity index (χ3n) is 2.81. The Balaban J connectivity index is 1.90. The van der Waals surface area contributed by atoms with Gasteiger partial charge in [0.2, 0.25) is 5.91 Å². The number of aryl methyl sites for hydroxylation is 2. The highest BCUT2D eigenvalue weighted by atomic mass is 35.5.